The monoisotopic (exact) mass is 352 g/mol. The molecule has 2 aromatic carbocycles. The fourth-order valence-electron chi connectivity index (χ4n) is 3.89. The van der Waals surface area contributed by atoms with Crippen molar-refractivity contribution in [2.75, 3.05) is 4.90 Å². The number of para-hydroxylation sites is 1. The van der Waals surface area contributed by atoms with Crippen LogP contribution in [0.2, 0.25) is 0 Å². The fraction of sp³-hybridized carbons (Fsp3) is 0.261. The predicted octanol–water partition coefficient (Wildman–Crippen LogP) is 4.99. The standard InChI is InChI=1S/C23H20N4/c24-16-23(13-14-23)18-9-11-20(12-10-18)27(19-6-2-1-3-7-19)22-25-15-17-5-4-8-21(17)26-22/h1-3,6-7,9-12,15H,4-5,8,13-14H2. The van der Waals surface area contributed by atoms with Gasteiger partial charge < -0.3 is 0 Å². The summed E-state index contributed by atoms with van der Waals surface area (Å²) in [5.41, 5.74) is 5.32. The molecule has 0 radical (unpaired) electrons. The van der Waals surface area contributed by atoms with Crippen molar-refractivity contribution < 1.29 is 0 Å². The molecule has 27 heavy (non-hydrogen) atoms. The van der Waals surface area contributed by atoms with Crippen LogP contribution >= 0.6 is 0 Å². The van der Waals surface area contributed by atoms with E-state index in [-0.39, 0.29) is 5.41 Å². The van der Waals surface area contributed by atoms with Crippen molar-refractivity contribution in [3.05, 3.63) is 77.6 Å². The van der Waals surface area contributed by atoms with E-state index < -0.39 is 0 Å². The summed E-state index contributed by atoms with van der Waals surface area (Å²) in [6, 6.07) is 21.0. The normalized spacial score (nSPS) is 16.4. The van der Waals surface area contributed by atoms with Crippen LogP contribution in [0, 0.1) is 11.3 Å². The summed E-state index contributed by atoms with van der Waals surface area (Å²) in [4.78, 5) is 11.6. The minimum atomic E-state index is -0.264. The van der Waals surface area contributed by atoms with Crippen LogP contribution in [0.1, 0.15) is 36.1 Å². The van der Waals surface area contributed by atoms with Gasteiger partial charge in [-0.05, 0) is 67.5 Å². The van der Waals surface area contributed by atoms with Crippen molar-refractivity contribution in [1.29, 1.82) is 5.26 Å². The maximum atomic E-state index is 9.45. The highest BCUT2D eigenvalue weighted by atomic mass is 15.3. The summed E-state index contributed by atoms with van der Waals surface area (Å²) in [5, 5.41) is 9.45. The van der Waals surface area contributed by atoms with Crippen molar-refractivity contribution in [2.45, 2.75) is 37.5 Å². The van der Waals surface area contributed by atoms with Gasteiger partial charge in [-0.2, -0.15) is 5.26 Å². The largest absolute Gasteiger partial charge is 0.279 e. The highest BCUT2D eigenvalue weighted by Gasteiger charge is 2.44. The molecule has 132 valence electrons. The van der Waals surface area contributed by atoms with Crippen LogP contribution in [0.5, 0.6) is 0 Å². The number of rotatable bonds is 4. The second-order valence-electron chi connectivity index (χ2n) is 7.41. The van der Waals surface area contributed by atoms with Crippen LogP contribution in [0.15, 0.2) is 60.8 Å². The first kappa shape index (κ1) is 16.0. The second kappa shape index (κ2) is 6.21. The lowest BCUT2D eigenvalue weighted by molar-refractivity contribution is 0.898. The maximum absolute atomic E-state index is 9.45. The van der Waals surface area contributed by atoms with Crippen molar-refractivity contribution in [3.63, 3.8) is 0 Å². The molecule has 0 bridgehead atoms. The Morgan fingerprint density at radius 2 is 1.67 bits per heavy atom. The number of aryl methyl sites for hydroxylation is 2. The Labute approximate surface area is 159 Å². The molecule has 0 atom stereocenters. The van der Waals surface area contributed by atoms with Gasteiger partial charge in [0.2, 0.25) is 5.95 Å². The van der Waals surface area contributed by atoms with E-state index in [0.29, 0.717) is 5.95 Å². The van der Waals surface area contributed by atoms with E-state index in [2.05, 4.69) is 52.4 Å². The highest BCUT2D eigenvalue weighted by molar-refractivity contribution is 5.73. The Morgan fingerprint density at radius 1 is 0.926 bits per heavy atom. The number of aromatic nitrogens is 2. The number of nitrogens with zero attached hydrogens (tertiary/aromatic N) is 4. The predicted molar refractivity (Wildman–Crippen MR) is 105 cm³/mol. The molecule has 1 heterocycles. The summed E-state index contributed by atoms with van der Waals surface area (Å²) in [6.45, 7) is 0. The maximum Gasteiger partial charge on any atom is 0.234 e. The molecule has 4 heteroatoms. The molecule has 1 fully saturated rings. The first-order valence-corrected chi connectivity index (χ1v) is 9.51. The Kier molecular flexibility index (Phi) is 3.68. The molecule has 2 aliphatic rings. The van der Waals surface area contributed by atoms with Gasteiger partial charge in [0.15, 0.2) is 0 Å². The molecule has 0 saturated heterocycles. The van der Waals surface area contributed by atoms with Gasteiger partial charge in [-0.1, -0.05) is 30.3 Å². The Morgan fingerprint density at radius 3 is 2.37 bits per heavy atom. The third-order valence-electron chi connectivity index (χ3n) is 5.66. The number of hydrogen-bond acceptors (Lipinski definition) is 4. The van der Waals surface area contributed by atoms with Gasteiger partial charge in [-0.3, -0.25) is 4.90 Å². The minimum absolute atomic E-state index is 0.264. The molecule has 0 spiro atoms. The minimum Gasteiger partial charge on any atom is -0.279 e. The molecule has 5 rings (SSSR count). The molecule has 1 aromatic heterocycles. The van der Waals surface area contributed by atoms with Crippen LogP contribution in [0.3, 0.4) is 0 Å². The average molecular weight is 352 g/mol. The van der Waals surface area contributed by atoms with Crippen LogP contribution in [0.25, 0.3) is 0 Å². The lowest BCUT2D eigenvalue weighted by Crippen LogP contribution is -2.14. The summed E-state index contributed by atoms with van der Waals surface area (Å²) in [7, 11) is 0. The van der Waals surface area contributed by atoms with Crippen LogP contribution in [0.4, 0.5) is 17.3 Å². The summed E-state index contributed by atoms with van der Waals surface area (Å²) in [6.07, 6.45) is 7.15. The van der Waals surface area contributed by atoms with Gasteiger partial charge >= 0.3 is 0 Å². The number of anilines is 3. The van der Waals surface area contributed by atoms with Gasteiger partial charge in [0.25, 0.3) is 0 Å². The molecule has 0 N–H and O–H groups in total. The van der Waals surface area contributed by atoms with E-state index >= 15 is 0 Å². The number of nitriles is 1. The molecular formula is C23H20N4. The van der Waals surface area contributed by atoms with Crippen LogP contribution < -0.4 is 4.90 Å². The topological polar surface area (TPSA) is 52.8 Å². The average Bonchev–Trinajstić information content (AvgIpc) is 3.39. The quantitative estimate of drug-likeness (QED) is 0.664. The van der Waals surface area contributed by atoms with E-state index in [9.17, 15) is 5.26 Å². The molecule has 4 nitrogen and oxygen atoms in total. The Bertz CT molecular complexity index is 1010. The van der Waals surface area contributed by atoms with Gasteiger partial charge in [0, 0.05) is 23.3 Å². The smallest absolute Gasteiger partial charge is 0.234 e. The first-order chi connectivity index (χ1) is 13.3. The van der Waals surface area contributed by atoms with E-state index in [1.165, 1.54) is 11.3 Å². The van der Waals surface area contributed by atoms with E-state index in [1.807, 2.05) is 24.4 Å². The lowest BCUT2D eigenvalue weighted by atomic mass is 9.97. The molecule has 3 aromatic rings. The molecule has 0 unspecified atom stereocenters. The second-order valence-corrected chi connectivity index (χ2v) is 7.41. The highest BCUT2D eigenvalue weighted by Crippen LogP contribution is 2.48. The van der Waals surface area contributed by atoms with Crippen molar-refractivity contribution in [1.82, 2.24) is 9.97 Å². The lowest BCUT2D eigenvalue weighted by Gasteiger charge is -2.24. The Hall–Kier alpha value is -3.19. The summed E-state index contributed by atoms with van der Waals surface area (Å²) < 4.78 is 0. The molecule has 2 aliphatic carbocycles. The van der Waals surface area contributed by atoms with Gasteiger partial charge in [0.1, 0.15) is 0 Å². The summed E-state index contributed by atoms with van der Waals surface area (Å²) >= 11 is 0. The SMILES string of the molecule is N#CC1(c2ccc(N(c3ccccc3)c3ncc4c(n3)CCC4)cc2)CC1. The van der Waals surface area contributed by atoms with Crippen molar-refractivity contribution in [2.24, 2.45) is 0 Å². The first-order valence-electron chi connectivity index (χ1n) is 9.51. The summed E-state index contributed by atoms with van der Waals surface area (Å²) in [5.74, 6) is 0.705. The van der Waals surface area contributed by atoms with Crippen molar-refractivity contribution in [3.8, 4) is 6.07 Å². The van der Waals surface area contributed by atoms with Crippen LogP contribution in [-0.4, -0.2) is 9.97 Å². The Balaban J connectivity index is 1.58. The van der Waals surface area contributed by atoms with Gasteiger partial charge in [-0.25, -0.2) is 9.97 Å². The third-order valence-corrected chi connectivity index (χ3v) is 5.66. The fourth-order valence-corrected chi connectivity index (χ4v) is 3.89. The zero-order chi connectivity index (χ0) is 18.3. The number of fused-ring (bicyclic) bond motifs is 1. The van der Waals surface area contributed by atoms with Crippen LogP contribution in [-0.2, 0) is 18.3 Å². The van der Waals surface area contributed by atoms with Gasteiger partial charge in [-0.15, -0.1) is 0 Å². The van der Waals surface area contributed by atoms with Crippen molar-refractivity contribution >= 4 is 17.3 Å². The third kappa shape index (κ3) is 2.76. The zero-order valence-corrected chi connectivity index (χ0v) is 15.1. The number of hydrogen-bond donors (Lipinski definition) is 0. The molecule has 0 amide bonds. The zero-order valence-electron chi connectivity index (χ0n) is 15.1. The van der Waals surface area contributed by atoms with E-state index in [4.69, 9.17) is 4.98 Å². The molecular weight excluding hydrogens is 332 g/mol. The van der Waals surface area contributed by atoms with Gasteiger partial charge in [0.05, 0.1) is 11.5 Å². The molecule has 0 aliphatic heterocycles. The molecule has 1 saturated carbocycles. The number of benzene rings is 2. The van der Waals surface area contributed by atoms with E-state index in [1.54, 1.807) is 0 Å². The van der Waals surface area contributed by atoms with E-state index in [0.717, 1.165) is 49.0 Å².